The summed E-state index contributed by atoms with van der Waals surface area (Å²) in [6.07, 6.45) is 1.54. The van der Waals surface area contributed by atoms with Crippen molar-refractivity contribution in [3.05, 3.63) is 43.0 Å². The monoisotopic (exact) mass is 516 g/mol. The summed E-state index contributed by atoms with van der Waals surface area (Å²) in [5.41, 5.74) is 0. The molecule has 0 aliphatic rings. The van der Waals surface area contributed by atoms with Gasteiger partial charge in [-0.05, 0) is 12.1 Å². The van der Waals surface area contributed by atoms with Crippen LogP contribution in [0.5, 0.6) is 5.75 Å². The summed E-state index contributed by atoms with van der Waals surface area (Å²) in [5.74, 6) is 0.805. The summed E-state index contributed by atoms with van der Waals surface area (Å²) in [5, 5.41) is 8.56. The Hall–Kier alpha value is -1.60. The van der Waals surface area contributed by atoms with E-state index in [1.54, 1.807) is 6.08 Å². The Morgan fingerprint density at radius 2 is 0.972 bits per heavy atom. The molecular weight excluding hydrogens is 472 g/mol. The minimum atomic E-state index is -0.187. The Morgan fingerprint density at radius 3 is 1.36 bits per heavy atom. The van der Waals surface area contributed by atoms with E-state index in [-0.39, 0.29) is 12.7 Å². The van der Waals surface area contributed by atoms with Crippen molar-refractivity contribution in [2.24, 2.45) is 0 Å². The van der Waals surface area contributed by atoms with Crippen LogP contribution in [0.4, 0.5) is 0 Å². The lowest BCUT2D eigenvalue weighted by Gasteiger charge is -2.15. The summed E-state index contributed by atoms with van der Waals surface area (Å²) < 4.78 is 49.0. The van der Waals surface area contributed by atoms with Crippen molar-refractivity contribution in [2.45, 2.75) is 6.10 Å². The van der Waals surface area contributed by atoms with Crippen LogP contribution in [0.2, 0.25) is 0 Å². The lowest BCUT2D eigenvalue weighted by Crippen LogP contribution is -2.22. The maximum atomic E-state index is 8.56. The highest BCUT2D eigenvalue weighted by molar-refractivity contribution is 5.21. The molecule has 0 aliphatic carbocycles. The predicted octanol–water partition coefficient (Wildman–Crippen LogP) is 1.75. The number of ether oxygens (including phenoxy) is 9. The number of hydrogen-bond donors (Lipinski definition) is 1. The van der Waals surface area contributed by atoms with Gasteiger partial charge >= 0.3 is 0 Å². The van der Waals surface area contributed by atoms with E-state index in [0.717, 1.165) is 5.75 Å². The van der Waals surface area contributed by atoms with Crippen molar-refractivity contribution in [3.63, 3.8) is 0 Å². The summed E-state index contributed by atoms with van der Waals surface area (Å²) >= 11 is 0. The number of rotatable bonds is 28. The molecule has 208 valence electrons. The van der Waals surface area contributed by atoms with Gasteiger partial charge in [-0.3, -0.25) is 0 Å². The molecule has 1 atom stereocenters. The van der Waals surface area contributed by atoms with Crippen molar-refractivity contribution < 1.29 is 47.7 Å². The van der Waals surface area contributed by atoms with E-state index < -0.39 is 0 Å². The number of aliphatic hydroxyl groups excluding tert-OH is 1. The van der Waals surface area contributed by atoms with Crippen molar-refractivity contribution in [1.29, 1.82) is 0 Å². The average molecular weight is 517 g/mol. The van der Waals surface area contributed by atoms with Gasteiger partial charge in [0.1, 0.15) is 18.5 Å². The van der Waals surface area contributed by atoms with Gasteiger partial charge in [-0.2, -0.15) is 0 Å². The molecule has 0 spiro atoms. The third-order valence-electron chi connectivity index (χ3n) is 4.45. The zero-order chi connectivity index (χ0) is 25.8. The quantitative estimate of drug-likeness (QED) is 0.131. The molecule has 1 aromatic carbocycles. The molecule has 0 heterocycles. The van der Waals surface area contributed by atoms with Crippen molar-refractivity contribution in [2.75, 3.05) is 112 Å². The van der Waals surface area contributed by atoms with E-state index in [1.807, 2.05) is 30.3 Å². The lowest BCUT2D eigenvalue weighted by atomic mass is 10.3. The van der Waals surface area contributed by atoms with E-state index in [4.69, 9.17) is 47.7 Å². The molecule has 0 amide bonds. The van der Waals surface area contributed by atoms with Crippen LogP contribution in [0.3, 0.4) is 0 Å². The van der Waals surface area contributed by atoms with Crippen LogP contribution in [0, 0.1) is 0 Å². The predicted molar refractivity (Wildman–Crippen MR) is 135 cm³/mol. The van der Waals surface area contributed by atoms with Crippen LogP contribution in [0.1, 0.15) is 0 Å². The smallest absolute Gasteiger partial charge is 0.119 e. The summed E-state index contributed by atoms with van der Waals surface area (Å²) in [6.45, 7) is 11.5. The Labute approximate surface area is 215 Å². The Balaban J connectivity index is 1.73. The summed E-state index contributed by atoms with van der Waals surface area (Å²) in [4.78, 5) is 0. The Morgan fingerprint density at radius 1 is 0.583 bits per heavy atom. The standard InChI is InChI=1S/C26H44O10/c1-2-25(24-36-26-6-4-3-5-7-26)35-23-22-34-21-20-33-19-18-32-17-16-31-15-14-30-13-12-29-11-10-28-9-8-27/h2-7,25,27H,1,8-24H2. The first kappa shape index (κ1) is 32.4. The fraction of sp³-hybridized carbons (Fsp3) is 0.692. The first-order valence-corrected chi connectivity index (χ1v) is 12.4. The highest BCUT2D eigenvalue weighted by Gasteiger charge is 2.05. The first-order valence-electron chi connectivity index (χ1n) is 12.4. The molecule has 1 rings (SSSR count). The number of hydrogen-bond acceptors (Lipinski definition) is 10. The molecule has 36 heavy (non-hydrogen) atoms. The fourth-order valence-electron chi connectivity index (χ4n) is 2.62. The van der Waals surface area contributed by atoms with Crippen molar-refractivity contribution in [1.82, 2.24) is 0 Å². The van der Waals surface area contributed by atoms with Crippen LogP contribution < -0.4 is 4.74 Å². The molecule has 0 radical (unpaired) electrons. The van der Waals surface area contributed by atoms with Gasteiger partial charge in [-0.1, -0.05) is 24.3 Å². The Bertz CT molecular complexity index is 575. The van der Waals surface area contributed by atoms with Gasteiger partial charge in [0.25, 0.3) is 0 Å². The van der Waals surface area contributed by atoms with E-state index in [1.165, 1.54) is 0 Å². The average Bonchev–Trinajstić information content (AvgIpc) is 2.91. The molecule has 1 aromatic rings. The Kier molecular flexibility index (Phi) is 23.8. The summed E-state index contributed by atoms with van der Waals surface area (Å²) in [6, 6.07) is 9.60. The zero-order valence-corrected chi connectivity index (χ0v) is 21.4. The molecule has 0 fully saturated rings. The van der Waals surface area contributed by atoms with Gasteiger partial charge in [0, 0.05) is 0 Å². The number of benzene rings is 1. The third-order valence-corrected chi connectivity index (χ3v) is 4.45. The van der Waals surface area contributed by atoms with Crippen LogP contribution >= 0.6 is 0 Å². The SMILES string of the molecule is C=CC(COc1ccccc1)OCCOCCOCCOCCOCCOCCOCCOCCO. The molecule has 0 bridgehead atoms. The van der Waals surface area contributed by atoms with Crippen LogP contribution in [-0.4, -0.2) is 124 Å². The zero-order valence-electron chi connectivity index (χ0n) is 21.4. The molecule has 0 aliphatic heterocycles. The molecular formula is C26H44O10. The molecule has 10 heteroatoms. The maximum Gasteiger partial charge on any atom is 0.119 e. The molecule has 1 N–H and O–H groups in total. The minimum absolute atomic E-state index is 0.0273. The van der Waals surface area contributed by atoms with E-state index in [9.17, 15) is 0 Å². The second-order valence-electron chi connectivity index (χ2n) is 7.28. The van der Waals surface area contributed by atoms with Crippen LogP contribution in [-0.2, 0) is 37.9 Å². The van der Waals surface area contributed by atoms with Gasteiger partial charge in [0.05, 0.1) is 106 Å². The largest absolute Gasteiger partial charge is 0.491 e. The topological polar surface area (TPSA) is 103 Å². The lowest BCUT2D eigenvalue weighted by molar-refractivity contribution is -0.0276. The molecule has 10 nitrogen and oxygen atoms in total. The summed E-state index contributed by atoms with van der Waals surface area (Å²) in [7, 11) is 0. The van der Waals surface area contributed by atoms with Crippen LogP contribution in [0.25, 0.3) is 0 Å². The molecule has 0 aromatic heterocycles. The van der Waals surface area contributed by atoms with Gasteiger partial charge in [-0.15, -0.1) is 6.58 Å². The van der Waals surface area contributed by atoms with E-state index in [2.05, 4.69) is 6.58 Å². The van der Waals surface area contributed by atoms with Crippen molar-refractivity contribution in [3.8, 4) is 5.75 Å². The highest BCUT2D eigenvalue weighted by atomic mass is 16.6. The normalized spacial score (nSPS) is 12.0. The second-order valence-corrected chi connectivity index (χ2v) is 7.28. The molecule has 0 saturated carbocycles. The number of para-hydroxylation sites is 1. The fourth-order valence-corrected chi connectivity index (χ4v) is 2.62. The van der Waals surface area contributed by atoms with Crippen molar-refractivity contribution >= 4 is 0 Å². The molecule has 1 unspecified atom stereocenters. The van der Waals surface area contributed by atoms with E-state index >= 15 is 0 Å². The second kappa shape index (κ2) is 26.5. The number of aliphatic hydroxyl groups is 1. The van der Waals surface area contributed by atoms with Crippen LogP contribution in [0.15, 0.2) is 43.0 Å². The first-order chi connectivity index (χ1) is 17.9. The molecule has 0 saturated heterocycles. The van der Waals surface area contributed by atoms with E-state index in [0.29, 0.717) is 106 Å². The van der Waals surface area contributed by atoms with Gasteiger partial charge in [0.15, 0.2) is 0 Å². The maximum absolute atomic E-state index is 8.56. The minimum Gasteiger partial charge on any atom is -0.491 e. The van der Waals surface area contributed by atoms with Gasteiger partial charge in [0.2, 0.25) is 0 Å². The third kappa shape index (κ3) is 21.7. The highest BCUT2D eigenvalue weighted by Crippen LogP contribution is 2.09. The van der Waals surface area contributed by atoms with Gasteiger partial charge in [-0.25, -0.2) is 0 Å². The van der Waals surface area contributed by atoms with Gasteiger partial charge < -0.3 is 47.7 Å².